The molecule has 2 aromatic carbocycles. The lowest BCUT2D eigenvalue weighted by atomic mass is 10.1. The number of nitrogens with one attached hydrogen (secondary N) is 1. The first kappa shape index (κ1) is 18.1. The molecule has 0 bridgehead atoms. The summed E-state index contributed by atoms with van der Waals surface area (Å²) in [5.74, 6) is -2.33. The van der Waals surface area contributed by atoms with Gasteiger partial charge in [-0.2, -0.15) is 0 Å². The monoisotopic (exact) mass is 399 g/mol. The standard InChI is InChI=1S/C20H15F2N3O2S/c1-13-7-8-25-12-19(23-20(25)9-13)14-3-2-4-15(10-14)24-28(26,27)16-5-6-17(21)18(22)11-16/h2-12,24H,1H3. The van der Waals surface area contributed by atoms with E-state index >= 15 is 0 Å². The summed E-state index contributed by atoms with van der Waals surface area (Å²) in [6.45, 7) is 1.97. The van der Waals surface area contributed by atoms with E-state index in [1.165, 1.54) is 0 Å². The number of halogens is 2. The van der Waals surface area contributed by atoms with Crippen molar-refractivity contribution >= 4 is 21.4 Å². The topological polar surface area (TPSA) is 63.5 Å². The first-order chi connectivity index (χ1) is 13.3. The molecule has 28 heavy (non-hydrogen) atoms. The molecule has 0 saturated carbocycles. The van der Waals surface area contributed by atoms with E-state index in [1.807, 2.05) is 41.9 Å². The van der Waals surface area contributed by atoms with E-state index in [4.69, 9.17) is 0 Å². The molecule has 4 aromatic rings. The van der Waals surface area contributed by atoms with Crippen molar-refractivity contribution < 1.29 is 17.2 Å². The maximum atomic E-state index is 13.4. The molecule has 4 rings (SSSR count). The van der Waals surface area contributed by atoms with Crippen LogP contribution in [0.3, 0.4) is 0 Å². The van der Waals surface area contributed by atoms with Crippen molar-refractivity contribution in [3.63, 3.8) is 0 Å². The Morgan fingerprint density at radius 1 is 1.00 bits per heavy atom. The maximum absolute atomic E-state index is 13.4. The average Bonchev–Trinajstić information content (AvgIpc) is 3.07. The second-order valence-corrected chi connectivity index (χ2v) is 8.04. The highest BCUT2D eigenvalue weighted by atomic mass is 32.2. The molecule has 0 spiro atoms. The zero-order chi connectivity index (χ0) is 19.9. The van der Waals surface area contributed by atoms with Gasteiger partial charge in [-0.25, -0.2) is 22.2 Å². The number of aromatic nitrogens is 2. The number of fused-ring (bicyclic) bond motifs is 1. The second kappa shape index (κ2) is 6.72. The number of pyridine rings is 1. The molecular weight excluding hydrogens is 384 g/mol. The molecule has 0 unspecified atom stereocenters. The molecule has 5 nitrogen and oxygen atoms in total. The van der Waals surface area contributed by atoms with Crippen LogP contribution in [0.2, 0.25) is 0 Å². The van der Waals surface area contributed by atoms with E-state index in [-0.39, 0.29) is 10.6 Å². The largest absolute Gasteiger partial charge is 0.306 e. The Morgan fingerprint density at radius 3 is 2.61 bits per heavy atom. The van der Waals surface area contributed by atoms with Crippen LogP contribution in [0.4, 0.5) is 14.5 Å². The third kappa shape index (κ3) is 3.46. The van der Waals surface area contributed by atoms with Gasteiger partial charge in [0.2, 0.25) is 0 Å². The highest BCUT2D eigenvalue weighted by Gasteiger charge is 2.17. The average molecular weight is 399 g/mol. The second-order valence-electron chi connectivity index (χ2n) is 6.36. The molecule has 2 heterocycles. The first-order valence-corrected chi connectivity index (χ1v) is 9.84. The maximum Gasteiger partial charge on any atom is 0.261 e. The fourth-order valence-electron chi connectivity index (χ4n) is 2.82. The molecule has 1 N–H and O–H groups in total. The molecule has 142 valence electrons. The molecule has 0 aliphatic carbocycles. The molecular formula is C20H15F2N3O2S. The predicted octanol–water partition coefficient (Wildman–Crippen LogP) is 4.39. The molecule has 8 heteroatoms. The van der Waals surface area contributed by atoms with Gasteiger partial charge < -0.3 is 4.40 Å². The normalized spacial score (nSPS) is 11.7. The fourth-order valence-corrected chi connectivity index (χ4v) is 3.88. The van der Waals surface area contributed by atoms with Crippen LogP contribution < -0.4 is 4.72 Å². The van der Waals surface area contributed by atoms with E-state index in [1.54, 1.807) is 18.2 Å². The van der Waals surface area contributed by atoms with Crippen LogP contribution in [0.5, 0.6) is 0 Å². The van der Waals surface area contributed by atoms with Crippen LogP contribution in [-0.4, -0.2) is 17.8 Å². The lowest BCUT2D eigenvalue weighted by Gasteiger charge is -2.09. The number of hydrogen-bond acceptors (Lipinski definition) is 3. The third-order valence-electron chi connectivity index (χ3n) is 4.23. The van der Waals surface area contributed by atoms with E-state index in [9.17, 15) is 17.2 Å². The smallest absolute Gasteiger partial charge is 0.261 e. The van der Waals surface area contributed by atoms with Crippen molar-refractivity contribution in [1.29, 1.82) is 0 Å². The molecule has 0 aliphatic heterocycles. The van der Waals surface area contributed by atoms with Crippen LogP contribution in [0.25, 0.3) is 16.9 Å². The molecule has 0 amide bonds. The molecule has 2 aromatic heterocycles. The molecule has 0 atom stereocenters. The molecule has 0 radical (unpaired) electrons. The van der Waals surface area contributed by atoms with Crippen molar-refractivity contribution in [3.05, 3.63) is 84.2 Å². The number of anilines is 1. The minimum atomic E-state index is -4.06. The first-order valence-electron chi connectivity index (χ1n) is 8.35. The summed E-state index contributed by atoms with van der Waals surface area (Å²) in [6.07, 6.45) is 3.74. The summed E-state index contributed by atoms with van der Waals surface area (Å²) in [5.41, 5.74) is 3.54. The van der Waals surface area contributed by atoms with Gasteiger partial charge in [-0.1, -0.05) is 12.1 Å². The van der Waals surface area contributed by atoms with Crippen molar-refractivity contribution in [2.45, 2.75) is 11.8 Å². The Morgan fingerprint density at radius 2 is 1.82 bits per heavy atom. The van der Waals surface area contributed by atoms with Gasteiger partial charge in [0.25, 0.3) is 10.0 Å². The lowest BCUT2D eigenvalue weighted by molar-refractivity contribution is 0.504. The molecule has 0 saturated heterocycles. The SMILES string of the molecule is Cc1ccn2cc(-c3cccc(NS(=O)(=O)c4ccc(F)c(F)c4)c3)nc2c1. The van der Waals surface area contributed by atoms with Gasteiger partial charge in [-0.05, 0) is 55.0 Å². The van der Waals surface area contributed by atoms with Gasteiger partial charge in [0, 0.05) is 23.6 Å². The van der Waals surface area contributed by atoms with Crippen LogP contribution in [0.15, 0.2) is 71.9 Å². The number of imidazole rings is 1. The van der Waals surface area contributed by atoms with E-state index in [2.05, 4.69) is 9.71 Å². The minimum Gasteiger partial charge on any atom is -0.306 e. The summed E-state index contributed by atoms with van der Waals surface area (Å²) in [6, 6.07) is 13.0. The van der Waals surface area contributed by atoms with E-state index in [0.717, 1.165) is 23.3 Å². The van der Waals surface area contributed by atoms with Gasteiger partial charge in [-0.3, -0.25) is 4.72 Å². The van der Waals surface area contributed by atoms with Crippen molar-refractivity contribution in [2.75, 3.05) is 4.72 Å². The van der Waals surface area contributed by atoms with Crippen molar-refractivity contribution in [2.24, 2.45) is 0 Å². The molecule has 0 fully saturated rings. The Labute approximate surface area is 160 Å². The van der Waals surface area contributed by atoms with Gasteiger partial charge in [0.15, 0.2) is 11.6 Å². The zero-order valence-electron chi connectivity index (χ0n) is 14.7. The van der Waals surface area contributed by atoms with Gasteiger partial charge >= 0.3 is 0 Å². The lowest BCUT2D eigenvalue weighted by Crippen LogP contribution is -2.13. The summed E-state index contributed by atoms with van der Waals surface area (Å²) in [7, 11) is -4.06. The van der Waals surface area contributed by atoms with Gasteiger partial charge in [-0.15, -0.1) is 0 Å². The van der Waals surface area contributed by atoms with E-state index < -0.39 is 21.7 Å². The third-order valence-corrected chi connectivity index (χ3v) is 5.61. The fraction of sp³-hybridized carbons (Fsp3) is 0.0500. The number of aryl methyl sites for hydroxylation is 1. The Kier molecular flexibility index (Phi) is 4.35. The highest BCUT2D eigenvalue weighted by Crippen LogP contribution is 2.25. The van der Waals surface area contributed by atoms with Gasteiger partial charge in [0.1, 0.15) is 5.65 Å². The Hall–Kier alpha value is -3.26. The Balaban J connectivity index is 1.67. The van der Waals surface area contributed by atoms with Crippen molar-refractivity contribution in [1.82, 2.24) is 9.38 Å². The van der Waals surface area contributed by atoms with Crippen LogP contribution in [0, 0.1) is 18.6 Å². The number of nitrogens with zero attached hydrogens (tertiary/aromatic N) is 2. The summed E-state index contributed by atoms with van der Waals surface area (Å²) >= 11 is 0. The number of hydrogen-bond donors (Lipinski definition) is 1. The van der Waals surface area contributed by atoms with E-state index in [0.29, 0.717) is 17.3 Å². The van der Waals surface area contributed by atoms with Crippen LogP contribution in [-0.2, 0) is 10.0 Å². The molecule has 0 aliphatic rings. The van der Waals surface area contributed by atoms with Crippen LogP contribution >= 0.6 is 0 Å². The summed E-state index contributed by atoms with van der Waals surface area (Å²) in [5, 5.41) is 0. The number of sulfonamides is 1. The summed E-state index contributed by atoms with van der Waals surface area (Å²) < 4.78 is 55.7. The quantitative estimate of drug-likeness (QED) is 0.554. The Bertz CT molecular complexity index is 1300. The summed E-state index contributed by atoms with van der Waals surface area (Å²) in [4.78, 5) is 4.19. The van der Waals surface area contributed by atoms with Crippen LogP contribution in [0.1, 0.15) is 5.56 Å². The minimum absolute atomic E-state index is 0.287. The number of rotatable bonds is 4. The van der Waals surface area contributed by atoms with Crippen molar-refractivity contribution in [3.8, 4) is 11.3 Å². The predicted molar refractivity (Wildman–Crippen MR) is 103 cm³/mol. The number of benzene rings is 2. The zero-order valence-corrected chi connectivity index (χ0v) is 15.5. The van der Waals surface area contributed by atoms with Gasteiger partial charge in [0.05, 0.1) is 10.6 Å². The highest BCUT2D eigenvalue weighted by molar-refractivity contribution is 7.92.